The maximum Gasteiger partial charge on any atom is 0.214 e. The monoisotopic (exact) mass is 250 g/mol. The molecule has 0 radical (unpaired) electrons. The van der Waals surface area contributed by atoms with E-state index >= 15 is 0 Å². The first-order valence-electron chi connectivity index (χ1n) is 5.86. The lowest BCUT2D eigenvalue weighted by molar-refractivity contribution is 0.0393. The fourth-order valence-electron chi connectivity index (χ4n) is 1.80. The van der Waals surface area contributed by atoms with Gasteiger partial charge >= 0.3 is 0 Å². The van der Waals surface area contributed by atoms with Crippen molar-refractivity contribution in [2.75, 3.05) is 38.6 Å². The predicted molar refractivity (Wildman–Crippen MR) is 63.9 cm³/mol. The van der Waals surface area contributed by atoms with Crippen LogP contribution in [-0.4, -0.2) is 57.4 Å². The molecule has 1 atom stereocenters. The van der Waals surface area contributed by atoms with Crippen molar-refractivity contribution in [3.05, 3.63) is 0 Å². The van der Waals surface area contributed by atoms with Crippen LogP contribution in [0.15, 0.2) is 0 Å². The van der Waals surface area contributed by atoms with Crippen LogP contribution in [0.2, 0.25) is 0 Å². The summed E-state index contributed by atoms with van der Waals surface area (Å²) in [6.45, 7) is 7.05. The number of rotatable bonds is 6. The van der Waals surface area contributed by atoms with Crippen LogP contribution in [0.25, 0.3) is 0 Å². The highest BCUT2D eigenvalue weighted by Crippen LogP contribution is 2.12. The Morgan fingerprint density at radius 3 is 2.88 bits per heavy atom. The van der Waals surface area contributed by atoms with E-state index in [-0.39, 0.29) is 11.8 Å². The van der Waals surface area contributed by atoms with E-state index < -0.39 is 10.0 Å². The Balaban J connectivity index is 2.42. The van der Waals surface area contributed by atoms with E-state index in [1.807, 2.05) is 13.8 Å². The third kappa shape index (κ3) is 4.01. The molecule has 5 nitrogen and oxygen atoms in total. The fourth-order valence-corrected chi connectivity index (χ4v) is 3.50. The smallest absolute Gasteiger partial charge is 0.214 e. The van der Waals surface area contributed by atoms with Crippen molar-refractivity contribution < 1.29 is 13.2 Å². The second-order valence-electron chi connectivity index (χ2n) is 4.06. The summed E-state index contributed by atoms with van der Waals surface area (Å²) in [7, 11) is -3.10. The van der Waals surface area contributed by atoms with Gasteiger partial charge in [-0.25, -0.2) is 8.42 Å². The molecule has 0 bridgehead atoms. The van der Waals surface area contributed by atoms with Crippen LogP contribution in [0.1, 0.15) is 20.3 Å². The maximum absolute atomic E-state index is 12.0. The van der Waals surface area contributed by atoms with Crippen molar-refractivity contribution in [2.24, 2.45) is 0 Å². The fraction of sp³-hybridized carbons (Fsp3) is 1.00. The summed E-state index contributed by atoms with van der Waals surface area (Å²) in [4.78, 5) is 0. The number of hydrogen-bond donors (Lipinski definition) is 1. The second-order valence-corrected chi connectivity index (χ2v) is 6.10. The Bertz CT molecular complexity index is 292. The minimum Gasteiger partial charge on any atom is -0.378 e. The van der Waals surface area contributed by atoms with E-state index in [2.05, 4.69) is 5.32 Å². The van der Waals surface area contributed by atoms with Gasteiger partial charge in [-0.15, -0.1) is 0 Å². The first kappa shape index (κ1) is 13.9. The van der Waals surface area contributed by atoms with Gasteiger partial charge in [0.1, 0.15) is 0 Å². The van der Waals surface area contributed by atoms with Crippen molar-refractivity contribution in [3.8, 4) is 0 Å². The number of sulfonamides is 1. The number of ether oxygens (including phenoxy) is 1. The van der Waals surface area contributed by atoms with Crippen LogP contribution in [0.5, 0.6) is 0 Å². The average molecular weight is 250 g/mol. The minimum atomic E-state index is -3.10. The van der Waals surface area contributed by atoms with Crippen LogP contribution in [0, 0.1) is 0 Å². The normalized spacial score (nSPS) is 23.5. The molecule has 0 spiro atoms. The quantitative estimate of drug-likeness (QED) is 0.676. The molecule has 1 N–H and O–H groups in total. The zero-order chi connectivity index (χ0) is 12.0. The zero-order valence-electron chi connectivity index (χ0n) is 10.1. The Labute approximate surface area is 98.2 Å². The molecule has 1 aliphatic rings. The minimum absolute atomic E-state index is 0.0297. The third-order valence-corrected chi connectivity index (χ3v) is 4.73. The molecule has 1 fully saturated rings. The van der Waals surface area contributed by atoms with Crippen LogP contribution < -0.4 is 5.32 Å². The van der Waals surface area contributed by atoms with Gasteiger partial charge in [0.15, 0.2) is 0 Å². The average Bonchev–Trinajstić information content (AvgIpc) is 2.25. The maximum atomic E-state index is 12.0. The highest BCUT2D eigenvalue weighted by Gasteiger charge is 2.29. The summed E-state index contributed by atoms with van der Waals surface area (Å²) < 4.78 is 30.8. The highest BCUT2D eigenvalue weighted by atomic mass is 32.2. The van der Waals surface area contributed by atoms with Crippen molar-refractivity contribution in [3.63, 3.8) is 0 Å². The molecule has 0 aliphatic carbocycles. The molecule has 0 saturated carbocycles. The summed E-state index contributed by atoms with van der Waals surface area (Å²) in [5, 5.41) is 3.13. The Morgan fingerprint density at radius 1 is 1.50 bits per heavy atom. The van der Waals surface area contributed by atoms with Crippen LogP contribution in [0.4, 0.5) is 0 Å². The molecular weight excluding hydrogens is 228 g/mol. The van der Waals surface area contributed by atoms with E-state index in [9.17, 15) is 8.42 Å². The number of nitrogens with zero attached hydrogens (tertiary/aromatic N) is 1. The molecule has 1 aliphatic heterocycles. The van der Waals surface area contributed by atoms with Gasteiger partial charge in [0, 0.05) is 12.6 Å². The molecular formula is C10H22N2O3S. The summed E-state index contributed by atoms with van der Waals surface area (Å²) in [5.74, 6) is 0.227. The Kier molecular flexibility index (Phi) is 5.68. The Morgan fingerprint density at radius 2 is 2.25 bits per heavy atom. The number of nitrogens with one attached hydrogen (secondary N) is 1. The van der Waals surface area contributed by atoms with E-state index in [1.165, 1.54) is 0 Å². The van der Waals surface area contributed by atoms with Gasteiger partial charge in [0.25, 0.3) is 0 Å². The molecule has 96 valence electrons. The van der Waals surface area contributed by atoms with E-state index in [0.29, 0.717) is 26.2 Å². The van der Waals surface area contributed by atoms with Gasteiger partial charge in [-0.1, -0.05) is 6.92 Å². The lowest BCUT2D eigenvalue weighted by Crippen LogP contribution is -2.48. The molecule has 1 saturated heterocycles. The van der Waals surface area contributed by atoms with Gasteiger partial charge < -0.3 is 10.1 Å². The highest BCUT2D eigenvalue weighted by molar-refractivity contribution is 7.89. The standard InChI is InChI=1S/C10H22N2O3S/c1-3-11-5-4-8-16(13,14)12-6-7-15-9-10(12)2/h10-11H,3-9H2,1-2H3. The molecule has 6 heteroatoms. The van der Waals surface area contributed by atoms with Crippen molar-refractivity contribution in [1.29, 1.82) is 0 Å². The largest absolute Gasteiger partial charge is 0.378 e. The zero-order valence-corrected chi connectivity index (χ0v) is 10.9. The third-order valence-electron chi connectivity index (χ3n) is 2.67. The molecule has 1 heterocycles. The predicted octanol–water partition coefficient (Wildman–Crippen LogP) is 0.0365. The summed E-state index contributed by atoms with van der Waals surface area (Å²) in [5.41, 5.74) is 0. The number of hydrogen-bond acceptors (Lipinski definition) is 4. The van der Waals surface area contributed by atoms with Gasteiger partial charge in [-0.3, -0.25) is 0 Å². The molecule has 0 aromatic carbocycles. The molecule has 1 rings (SSSR count). The van der Waals surface area contributed by atoms with Crippen LogP contribution in [0.3, 0.4) is 0 Å². The first-order valence-corrected chi connectivity index (χ1v) is 7.47. The topological polar surface area (TPSA) is 58.6 Å². The van der Waals surface area contributed by atoms with Gasteiger partial charge in [0.05, 0.1) is 19.0 Å². The van der Waals surface area contributed by atoms with E-state index in [4.69, 9.17) is 4.74 Å². The Hall–Kier alpha value is -0.170. The van der Waals surface area contributed by atoms with Crippen molar-refractivity contribution in [1.82, 2.24) is 9.62 Å². The van der Waals surface area contributed by atoms with Crippen molar-refractivity contribution in [2.45, 2.75) is 26.3 Å². The lowest BCUT2D eigenvalue weighted by Gasteiger charge is -2.32. The molecule has 0 amide bonds. The summed E-state index contributed by atoms with van der Waals surface area (Å²) >= 11 is 0. The number of morpholine rings is 1. The van der Waals surface area contributed by atoms with Gasteiger partial charge in [-0.2, -0.15) is 4.31 Å². The second kappa shape index (κ2) is 6.54. The van der Waals surface area contributed by atoms with E-state index in [0.717, 1.165) is 13.1 Å². The first-order chi connectivity index (χ1) is 7.58. The SMILES string of the molecule is CCNCCCS(=O)(=O)N1CCOCC1C. The molecule has 0 aromatic rings. The molecule has 1 unspecified atom stereocenters. The van der Waals surface area contributed by atoms with Gasteiger partial charge in [-0.05, 0) is 26.4 Å². The molecule has 16 heavy (non-hydrogen) atoms. The summed E-state index contributed by atoms with van der Waals surface area (Å²) in [6.07, 6.45) is 0.667. The van der Waals surface area contributed by atoms with Gasteiger partial charge in [0.2, 0.25) is 10.0 Å². The van der Waals surface area contributed by atoms with Crippen LogP contribution in [-0.2, 0) is 14.8 Å². The van der Waals surface area contributed by atoms with Crippen LogP contribution >= 0.6 is 0 Å². The van der Waals surface area contributed by atoms with E-state index in [1.54, 1.807) is 4.31 Å². The lowest BCUT2D eigenvalue weighted by atomic mass is 10.3. The summed E-state index contributed by atoms with van der Waals surface area (Å²) in [6, 6.07) is -0.0297. The molecule has 0 aromatic heterocycles. The van der Waals surface area contributed by atoms with Crippen molar-refractivity contribution >= 4 is 10.0 Å².